The third-order valence-electron chi connectivity index (χ3n) is 5.53. The summed E-state index contributed by atoms with van der Waals surface area (Å²) in [7, 11) is 1.85. The maximum atomic E-state index is 5.81. The maximum absolute atomic E-state index is 5.81. The molecule has 2 fully saturated rings. The molecule has 26 heavy (non-hydrogen) atoms. The van der Waals surface area contributed by atoms with Gasteiger partial charge in [-0.15, -0.1) is 11.3 Å². The molecule has 1 aromatic heterocycles. The lowest BCUT2D eigenvalue weighted by molar-refractivity contribution is 0.0420. The van der Waals surface area contributed by atoms with Gasteiger partial charge in [0.1, 0.15) is 0 Å². The molecular formula is C20H33N3O2S. The number of guanidine groups is 1. The van der Waals surface area contributed by atoms with Crippen LogP contribution in [0.5, 0.6) is 0 Å². The number of rotatable bonds is 8. The first-order chi connectivity index (χ1) is 12.8. The summed E-state index contributed by atoms with van der Waals surface area (Å²) in [5.74, 6) is 0.899. The van der Waals surface area contributed by atoms with Gasteiger partial charge in [0.05, 0.1) is 12.7 Å². The Morgan fingerprint density at radius 1 is 1.35 bits per heavy atom. The highest BCUT2D eigenvalue weighted by atomic mass is 32.1. The Morgan fingerprint density at radius 2 is 2.23 bits per heavy atom. The molecule has 146 valence electrons. The Labute approximate surface area is 161 Å². The van der Waals surface area contributed by atoms with Gasteiger partial charge in [-0.3, -0.25) is 4.99 Å². The maximum Gasteiger partial charge on any atom is 0.191 e. The summed E-state index contributed by atoms with van der Waals surface area (Å²) in [5, 5.41) is 9.22. The first-order valence-corrected chi connectivity index (χ1v) is 10.9. The Kier molecular flexibility index (Phi) is 7.77. The van der Waals surface area contributed by atoms with Crippen LogP contribution in [0.1, 0.15) is 49.8 Å². The summed E-state index contributed by atoms with van der Waals surface area (Å²) in [6.45, 7) is 4.20. The van der Waals surface area contributed by atoms with Crippen LogP contribution in [0.3, 0.4) is 0 Å². The molecule has 1 aliphatic carbocycles. The molecule has 0 bridgehead atoms. The molecule has 2 aliphatic rings. The first kappa shape index (κ1) is 19.6. The summed E-state index contributed by atoms with van der Waals surface area (Å²) in [6, 6.07) is 4.48. The van der Waals surface area contributed by atoms with Crippen LogP contribution in [-0.2, 0) is 14.9 Å². The van der Waals surface area contributed by atoms with E-state index in [4.69, 9.17) is 9.47 Å². The lowest BCUT2D eigenvalue weighted by atomic mass is 9.73. The number of thiophene rings is 1. The lowest BCUT2D eigenvalue weighted by Crippen LogP contribution is -2.46. The predicted molar refractivity (Wildman–Crippen MR) is 108 cm³/mol. The van der Waals surface area contributed by atoms with Gasteiger partial charge in [-0.2, -0.15) is 0 Å². The summed E-state index contributed by atoms with van der Waals surface area (Å²) < 4.78 is 11.1. The van der Waals surface area contributed by atoms with Gasteiger partial charge in [-0.1, -0.05) is 25.3 Å². The van der Waals surface area contributed by atoms with Gasteiger partial charge >= 0.3 is 0 Å². The lowest BCUT2D eigenvalue weighted by Gasteiger charge is -2.37. The Balaban J connectivity index is 1.40. The number of nitrogens with zero attached hydrogens (tertiary/aromatic N) is 1. The summed E-state index contributed by atoms with van der Waals surface area (Å²) >= 11 is 1.90. The van der Waals surface area contributed by atoms with Crippen molar-refractivity contribution in [3.05, 3.63) is 22.4 Å². The molecule has 1 aromatic rings. The fourth-order valence-corrected chi connectivity index (χ4v) is 4.95. The van der Waals surface area contributed by atoms with Crippen LogP contribution >= 0.6 is 11.3 Å². The highest BCUT2D eigenvalue weighted by molar-refractivity contribution is 7.10. The van der Waals surface area contributed by atoms with Gasteiger partial charge in [-0.05, 0) is 37.1 Å². The van der Waals surface area contributed by atoms with Gasteiger partial charge in [0, 0.05) is 43.6 Å². The van der Waals surface area contributed by atoms with Crippen LogP contribution in [0.15, 0.2) is 22.5 Å². The van der Waals surface area contributed by atoms with Crippen molar-refractivity contribution in [2.45, 2.75) is 56.5 Å². The van der Waals surface area contributed by atoms with Crippen molar-refractivity contribution in [1.82, 2.24) is 10.6 Å². The van der Waals surface area contributed by atoms with Crippen LogP contribution in [0.25, 0.3) is 0 Å². The van der Waals surface area contributed by atoms with Gasteiger partial charge in [0.25, 0.3) is 0 Å². The molecule has 5 nitrogen and oxygen atoms in total. The average molecular weight is 380 g/mol. The van der Waals surface area contributed by atoms with E-state index in [1.165, 1.54) is 37.0 Å². The van der Waals surface area contributed by atoms with E-state index in [2.05, 4.69) is 33.1 Å². The predicted octanol–water partition coefficient (Wildman–Crippen LogP) is 3.31. The van der Waals surface area contributed by atoms with E-state index in [0.29, 0.717) is 6.10 Å². The Morgan fingerprint density at radius 3 is 2.92 bits per heavy atom. The zero-order valence-corrected chi connectivity index (χ0v) is 16.8. The van der Waals surface area contributed by atoms with Crippen LogP contribution < -0.4 is 10.6 Å². The highest BCUT2D eigenvalue weighted by Crippen LogP contribution is 2.41. The van der Waals surface area contributed by atoms with E-state index in [-0.39, 0.29) is 5.41 Å². The summed E-state index contributed by atoms with van der Waals surface area (Å²) in [6.07, 6.45) is 8.87. The molecule has 1 saturated carbocycles. The molecule has 0 spiro atoms. The van der Waals surface area contributed by atoms with Crippen LogP contribution in [-0.4, -0.2) is 52.0 Å². The molecule has 1 unspecified atom stereocenters. The minimum absolute atomic E-state index is 0.273. The monoisotopic (exact) mass is 379 g/mol. The molecule has 2 N–H and O–H groups in total. The standard InChI is InChI=1S/C20H33N3O2S/c1-21-19(22-11-6-12-25-17-8-13-24-15-17)23-16-20(9-3-2-4-10-20)18-7-5-14-26-18/h5,7,14,17H,2-4,6,8-13,15-16H2,1H3,(H2,21,22,23). The zero-order valence-electron chi connectivity index (χ0n) is 16.0. The van der Waals surface area contributed by atoms with Gasteiger partial charge in [0.2, 0.25) is 0 Å². The van der Waals surface area contributed by atoms with E-state index in [0.717, 1.165) is 51.7 Å². The quantitative estimate of drug-likeness (QED) is 0.413. The molecular weight excluding hydrogens is 346 g/mol. The van der Waals surface area contributed by atoms with Crippen molar-refractivity contribution < 1.29 is 9.47 Å². The molecule has 0 amide bonds. The van der Waals surface area contributed by atoms with E-state index in [1.807, 2.05) is 18.4 Å². The number of hydrogen-bond donors (Lipinski definition) is 2. The zero-order chi connectivity index (χ0) is 18.1. The summed E-state index contributed by atoms with van der Waals surface area (Å²) in [5.41, 5.74) is 0.273. The second-order valence-corrected chi connectivity index (χ2v) is 8.33. The molecule has 1 atom stereocenters. The summed E-state index contributed by atoms with van der Waals surface area (Å²) in [4.78, 5) is 5.92. The fourth-order valence-electron chi connectivity index (χ4n) is 3.97. The average Bonchev–Trinajstić information content (AvgIpc) is 3.39. The van der Waals surface area contributed by atoms with Gasteiger partial charge in [-0.25, -0.2) is 0 Å². The second-order valence-electron chi connectivity index (χ2n) is 7.38. The van der Waals surface area contributed by atoms with Crippen molar-refractivity contribution in [3.8, 4) is 0 Å². The van der Waals surface area contributed by atoms with Crippen molar-refractivity contribution in [2.75, 3.05) is 40.0 Å². The Hall–Kier alpha value is -1.11. The van der Waals surface area contributed by atoms with Gasteiger partial charge < -0.3 is 20.1 Å². The van der Waals surface area contributed by atoms with E-state index < -0.39 is 0 Å². The first-order valence-electron chi connectivity index (χ1n) is 10.0. The third kappa shape index (κ3) is 5.44. The number of aliphatic imine (C=N–C) groups is 1. The molecule has 3 rings (SSSR count). The SMILES string of the molecule is CN=C(NCCCOC1CCOC1)NCC1(c2cccs2)CCCCC1. The van der Waals surface area contributed by atoms with Crippen molar-refractivity contribution in [1.29, 1.82) is 0 Å². The van der Waals surface area contributed by atoms with E-state index in [9.17, 15) is 0 Å². The van der Waals surface area contributed by atoms with Crippen molar-refractivity contribution in [2.24, 2.45) is 4.99 Å². The molecule has 1 aliphatic heterocycles. The molecule has 1 saturated heterocycles. The molecule has 0 aromatic carbocycles. The van der Waals surface area contributed by atoms with Crippen molar-refractivity contribution in [3.63, 3.8) is 0 Å². The number of ether oxygens (including phenoxy) is 2. The number of hydrogen-bond acceptors (Lipinski definition) is 4. The Bertz CT molecular complexity index is 535. The fraction of sp³-hybridized carbons (Fsp3) is 0.750. The minimum atomic E-state index is 0.273. The largest absolute Gasteiger partial charge is 0.379 e. The van der Waals surface area contributed by atoms with Crippen LogP contribution in [0.2, 0.25) is 0 Å². The molecule has 0 radical (unpaired) electrons. The van der Waals surface area contributed by atoms with Gasteiger partial charge in [0.15, 0.2) is 5.96 Å². The molecule has 2 heterocycles. The van der Waals surface area contributed by atoms with Crippen molar-refractivity contribution >= 4 is 17.3 Å². The minimum Gasteiger partial charge on any atom is -0.379 e. The highest BCUT2D eigenvalue weighted by Gasteiger charge is 2.34. The third-order valence-corrected chi connectivity index (χ3v) is 6.64. The van der Waals surface area contributed by atoms with E-state index in [1.54, 1.807) is 0 Å². The normalized spacial score (nSPS) is 23.1. The van der Waals surface area contributed by atoms with Crippen LogP contribution in [0, 0.1) is 0 Å². The smallest absolute Gasteiger partial charge is 0.191 e. The number of nitrogens with one attached hydrogen (secondary N) is 2. The second kappa shape index (κ2) is 10.3. The van der Waals surface area contributed by atoms with E-state index >= 15 is 0 Å². The topological polar surface area (TPSA) is 54.9 Å². The van der Waals surface area contributed by atoms with Crippen LogP contribution in [0.4, 0.5) is 0 Å². The molecule has 6 heteroatoms.